The number of rotatable bonds is 4. The molecule has 5 heteroatoms. The Hall–Kier alpha value is -3.08. The number of hydrogen-bond acceptors (Lipinski definition) is 4. The molecule has 1 aromatic heterocycles. The first-order chi connectivity index (χ1) is 13.1. The number of anilines is 1. The molecule has 138 valence electrons. The smallest absolute Gasteiger partial charge is 0.228 e. The van der Waals surface area contributed by atoms with Crippen molar-refractivity contribution in [1.29, 1.82) is 0 Å². The van der Waals surface area contributed by atoms with Gasteiger partial charge >= 0.3 is 0 Å². The summed E-state index contributed by atoms with van der Waals surface area (Å²) in [7, 11) is 0. The van der Waals surface area contributed by atoms with Gasteiger partial charge in [-0.3, -0.25) is 9.78 Å². The molecule has 1 atom stereocenters. The van der Waals surface area contributed by atoms with E-state index in [0.717, 1.165) is 47.4 Å². The summed E-state index contributed by atoms with van der Waals surface area (Å²) in [5.41, 5.74) is 7.50. The van der Waals surface area contributed by atoms with Gasteiger partial charge in [-0.2, -0.15) is 0 Å². The third-order valence-electron chi connectivity index (χ3n) is 5.04. The van der Waals surface area contributed by atoms with E-state index in [1.165, 1.54) is 0 Å². The van der Waals surface area contributed by atoms with Crippen LogP contribution in [0.2, 0.25) is 0 Å². The van der Waals surface area contributed by atoms with Crippen molar-refractivity contribution in [2.24, 2.45) is 5.92 Å². The van der Waals surface area contributed by atoms with Crippen LogP contribution in [0.4, 0.5) is 5.69 Å². The van der Waals surface area contributed by atoms with Gasteiger partial charge in [0.25, 0.3) is 0 Å². The number of hydrogen-bond donors (Lipinski definition) is 1. The van der Waals surface area contributed by atoms with Crippen molar-refractivity contribution in [3.63, 3.8) is 0 Å². The van der Waals surface area contributed by atoms with Crippen LogP contribution >= 0.6 is 0 Å². The fourth-order valence-corrected chi connectivity index (χ4v) is 3.56. The number of carbonyl (C=O) groups is 1. The van der Waals surface area contributed by atoms with E-state index in [4.69, 9.17) is 10.5 Å². The molecule has 4 rings (SSSR count). The van der Waals surface area contributed by atoms with Gasteiger partial charge in [-0.05, 0) is 30.5 Å². The Kier molecular flexibility index (Phi) is 4.67. The molecule has 2 heterocycles. The molecular formula is C22H23N3O2. The molecule has 0 unspecified atom stereocenters. The lowest BCUT2D eigenvalue weighted by Crippen LogP contribution is -2.30. The fourth-order valence-electron chi connectivity index (χ4n) is 3.56. The molecule has 3 aromatic rings. The first-order valence-electron chi connectivity index (χ1n) is 9.28. The van der Waals surface area contributed by atoms with Gasteiger partial charge in [0.1, 0.15) is 11.5 Å². The van der Waals surface area contributed by atoms with Crippen molar-refractivity contribution in [2.75, 3.05) is 18.8 Å². The third-order valence-corrected chi connectivity index (χ3v) is 5.04. The normalized spacial score (nSPS) is 16.6. The van der Waals surface area contributed by atoms with E-state index < -0.39 is 0 Å². The lowest BCUT2D eigenvalue weighted by atomic mass is 10.1. The monoisotopic (exact) mass is 361 g/mol. The van der Waals surface area contributed by atoms with Gasteiger partial charge in [0.15, 0.2) is 0 Å². The lowest BCUT2D eigenvalue weighted by Gasteiger charge is -2.16. The molecule has 0 aliphatic carbocycles. The van der Waals surface area contributed by atoms with Crippen LogP contribution in [0, 0.1) is 5.92 Å². The first kappa shape index (κ1) is 17.3. The van der Waals surface area contributed by atoms with E-state index in [0.29, 0.717) is 18.1 Å². The van der Waals surface area contributed by atoms with Crippen molar-refractivity contribution < 1.29 is 9.53 Å². The number of nitrogen functional groups attached to an aromatic ring is 1. The number of nitrogens with two attached hydrogens (primary N) is 1. The Morgan fingerprint density at radius 2 is 2.04 bits per heavy atom. The Bertz CT molecular complexity index is 986. The van der Waals surface area contributed by atoms with Gasteiger partial charge in [-0.25, -0.2) is 0 Å². The summed E-state index contributed by atoms with van der Waals surface area (Å²) in [5.74, 6) is 2.10. The maximum Gasteiger partial charge on any atom is 0.228 e. The van der Waals surface area contributed by atoms with Crippen molar-refractivity contribution in [1.82, 2.24) is 9.88 Å². The van der Waals surface area contributed by atoms with Crippen LogP contribution in [0.3, 0.4) is 0 Å². The van der Waals surface area contributed by atoms with Gasteiger partial charge < -0.3 is 15.4 Å². The van der Waals surface area contributed by atoms with E-state index >= 15 is 0 Å². The van der Waals surface area contributed by atoms with Crippen molar-refractivity contribution >= 4 is 22.4 Å². The average Bonchev–Trinajstić information content (AvgIpc) is 3.11. The highest BCUT2D eigenvalue weighted by Crippen LogP contribution is 2.33. The summed E-state index contributed by atoms with van der Waals surface area (Å²) in [5, 5.41) is 1.92. The van der Waals surface area contributed by atoms with E-state index in [-0.39, 0.29) is 5.91 Å². The standard InChI is InChI=1S/C22H23N3O2/c1-15-9-11-25(14-15)22(26)13-16-12-17(8-10-24-16)27-21-7-6-20(23)18-4-2-3-5-19(18)21/h2-8,10,12,15H,9,11,13-14,23H2,1H3/t15-/m1/s1. The minimum absolute atomic E-state index is 0.127. The van der Waals surface area contributed by atoms with E-state index in [1.807, 2.05) is 47.4 Å². The highest BCUT2D eigenvalue weighted by Gasteiger charge is 2.23. The highest BCUT2D eigenvalue weighted by atomic mass is 16.5. The molecule has 1 amide bonds. The van der Waals surface area contributed by atoms with Gasteiger partial charge in [-0.1, -0.05) is 31.2 Å². The number of pyridine rings is 1. The molecule has 0 bridgehead atoms. The summed E-state index contributed by atoms with van der Waals surface area (Å²) < 4.78 is 6.09. The summed E-state index contributed by atoms with van der Waals surface area (Å²) in [4.78, 5) is 18.7. The molecular weight excluding hydrogens is 338 g/mol. The highest BCUT2D eigenvalue weighted by molar-refractivity contribution is 5.97. The molecule has 0 radical (unpaired) electrons. The molecule has 1 saturated heterocycles. The largest absolute Gasteiger partial charge is 0.457 e. The summed E-state index contributed by atoms with van der Waals surface area (Å²) in [6.45, 7) is 3.86. The Morgan fingerprint density at radius 3 is 2.81 bits per heavy atom. The van der Waals surface area contributed by atoms with Crippen LogP contribution in [-0.2, 0) is 11.2 Å². The summed E-state index contributed by atoms with van der Waals surface area (Å²) in [6, 6.07) is 15.2. The van der Waals surface area contributed by atoms with Crippen LogP contribution in [-0.4, -0.2) is 28.9 Å². The van der Waals surface area contributed by atoms with E-state index in [9.17, 15) is 4.79 Å². The van der Waals surface area contributed by atoms with Gasteiger partial charge in [0.05, 0.1) is 12.1 Å². The van der Waals surface area contributed by atoms with Crippen LogP contribution in [0.25, 0.3) is 10.8 Å². The van der Waals surface area contributed by atoms with Crippen LogP contribution in [0.5, 0.6) is 11.5 Å². The molecule has 0 spiro atoms. The summed E-state index contributed by atoms with van der Waals surface area (Å²) in [6.07, 6.45) is 3.06. The third kappa shape index (κ3) is 3.72. The second-order valence-corrected chi connectivity index (χ2v) is 7.19. The fraction of sp³-hybridized carbons (Fsp3) is 0.273. The second-order valence-electron chi connectivity index (χ2n) is 7.19. The number of nitrogens with zero attached hydrogens (tertiary/aromatic N) is 2. The van der Waals surface area contributed by atoms with Gasteiger partial charge in [0.2, 0.25) is 5.91 Å². The quantitative estimate of drug-likeness (QED) is 0.713. The number of likely N-dealkylation sites (tertiary alicyclic amines) is 1. The maximum atomic E-state index is 12.5. The zero-order valence-electron chi connectivity index (χ0n) is 15.4. The number of amides is 1. The van der Waals surface area contributed by atoms with E-state index in [1.54, 1.807) is 12.3 Å². The summed E-state index contributed by atoms with van der Waals surface area (Å²) >= 11 is 0. The SMILES string of the molecule is C[C@@H]1CCN(C(=O)Cc2cc(Oc3ccc(N)c4ccccc34)ccn2)C1. The molecule has 27 heavy (non-hydrogen) atoms. The van der Waals surface area contributed by atoms with Gasteiger partial charge in [0, 0.05) is 41.8 Å². The number of carbonyl (C=O) groups excluding carboxylic acids is 1. The zero-order valence-corrected chi connectivity index (χ0v) is 15.4. The topological polar surface area (TPSA) is 68.5 Å². The minimum atomic E-state index is 0.127. The Morgan fingerprint density at radius 1 is 1.22 bits per heavy atom. The van der Waals surface area contributed by atoms with Crippen molar-refractivity contribution in [3.05, 3.63) is 60.4 Å². The average molecular weight is 361 g/mol. The molecule has 2 aromatic carbocycles. The maximum absolute atomic E-state index is 12.5. The zero-order chi connectivity index (χ0) is 18.8. The number of aromatic nitrogens is 1. The predicted octanol–water partition coefficient (Wildman–Crippen LogP) is 4.02. The number of benzene rings is 2. The first-order valence-corrected chi connectivity index (χ1v) is 9.28. The van der Waals surface area contributed by atoms with Crippen molar-refractivity contribution in [3.8, 4) is 11.5 Å². The molecule has 5 nitrogen and oxygen atoms in total. The Balaban J connectivity index is 1.53. The molecule has 2 N–H and O–H groups in total. The molecule has 0 saturated carbocycles. The number of ether oxygens (including phenoxy) is 1. The van der Waals surface area contributed by atoms with E-state index in [2.05, 4.69) is 11.9 Å². The van der Waals surface area contributed by atoms with Crippen molar-refractivity contribution in [2.45, 2.75) is 19.8 Å². The predicted molar refractivity (Wildman–Crippen MR) is 107 cm³/mol. The number of fused-ring (bicyclic) bond motifs is 1. The van der Waals surface area contributed by atoms with Crippen LogP contribution in [0.15, 0.2) is 54.7 Å². The minimum Gasteiger partial charge on any atom is -0.457 e. The molecule has 1 aliphatic rings. The molecule has 1 fully saturated rings. The molecule has 1 aliphatic heterocycles. The Labute approximate surface area is 158 Å². The van der Waals surface area contributed by atoms with Gasteiger partial charge in [-0.15, -0.1) is 0 Å². The van der Waals surface area contributed by atoms with Crippen LogP contribution < -0.4 is 10.5 Å². The second kappa shape index (κ2) is 7.27. The lowest BCUT2D eigenvalue weighted by molar-refractivity contribution is -0.129. The van der Waals surface area contributed by atoms with Crippen LogP contribution in [0.1, 0.15) is 19.0 Å².